The van der Waals surface area contributed by atoms with Gasteiger partial charge in [0.05, 0.1) is 6.61 Å². The van der Waals surface area contributed by atoms with Gasteiger partial charge in [-0.05, 0) is 12.5 Å². The van der Waals surface area contributed by atoms with E-state index in [4.69, 9.17) is 16.4 Å². The van der Waals surface area contributed by atoms with Crippen molar-refractivity contribution in [2.75, 3.05) is 6.61 Å². The number of hydrogen-bond donors (Lipinski definition) is 1. The average Bonchev–Trinajstić information content (AvgIpc) is 1.89. The van der Waals surface area contributed by atoms with Crippen LogP contribution in [0.2, 0.25) is 0 Å². The molecule has 0 spiro atoms. The minimum Gasteiger partial charge on any atom is -0.297 e. The molecule has 2 nitrogen and oxygen atoms in total. The van der Waals surface area contributed by atoms with E-state index in [0.717, 1.165) is 6.42 Å². The van der Waals surface area contributed by atoms with Gasteiger partial charge in [-0.2, -0.15) is 5.48 Å². The fourth-order valence-electron chi connectivity index (χ4n) is 0.275. The second-order valence-electron chi connectivity index (χ2n) is 1.40. The third kappa shape index (κ3) is 7.95. The predicted octanol–water partition coefficient (Wildman–Crippen LogP) is 1.83. The van der Waals surface area contributed by atoms with Crippen LogP contribution in [-0.2, 0) is 4.84 Å². The normalized spacial score (nSPS) is 10.9. The summed E-state index contributed by atoms with van der Waals surface area (Å²) in [5.74, 6) is 0. The highest BCUT2D eigenvalue weighted by molar-refractivity contribution is 6.25. The second-order valence-corrected chi connectivity index (χ2v) is 1.65. The first-order valence-electron chi connectivity index (χ1n) is 2.86. The fraction of sp³-hybridized carbons (Fsp3) is 0.500. The van der Waals surface area contributed by atoms with E-state index in [9.17, 15) is 0 Å². The van der Waals surface area contributed by atoms with Gasteiger partial charge in [-0.3, -0.25) is 4.84 Å². The largest absolute Gasteiger partial charge is 0.297 e. The number of rotatable bonds is 5. The summed E-state index contributed by atoms with van der Waals surface area (Å²) in [7, 11) is 0. The maximum absolute atomic E-state index is 5.22. The quantitative estimate of drug-likeness (QED) is 0.475. The first kappa shape index (κ1) is 8.95. The summed E-state index contributed by atoms with van der Waals surface area (Å²) in [6.45, 7) is 4.34. The Morgan fingerprint density at radius 3 is 3.00 bits per heavy atom. The van der Waals surface area contributed by atoms with Gasteiger partial charge in [0.2, 0.25) is 0 Å². The van der Waals surface area contributed by atoms with Crippen molar-refractivity contribution in [3.8, 4) is 0 Å². The van der Waals surface area contributed by atoms with Crippen LogP contribution >= 0.6 is 11.6 Å². The molecular formula is C6H11ClNO. The third-order valence-electron chi connectivity index (χ3n) is 0.639. The van der Waals surface area contributed by atoms with Gasteiger partial charge in [-0.25, -0.2) is 0 Å². The molecule has 0 aliphatic heterocycles. The Bertz CT molecular complexity index is 75.5. The van der Waals surface area contributed by atoms with Crippen molar-refractivity contribution >= 4 is 11.6 Å². The molecule has 0 aliphatic carbocycles. The van der Waals surface area contributed by atoms with Gasteiger partial charge < -0.3 is 0 Å². The van der Waals surface area contributed by atoms with Crippen molar-refractivity contribution in [1.29, 1.82) is 0 Å². The molecule has 0 amide bonds. The lowest BCUT2D eigenvalue weighted by molar-refractivity contribution is 0.0809. The molecule has 0 atom stereocenters. The Hall–Kier alpha value is -0.0500. The fourth-order valence-corrected chi connectivity index (χ4v) is 0.348. The van der Waals surface area contributed by atoms with E-state index < -0.39 is 0 Å². The van der Waals surface area contributed by atoms with Crippen molar-refractivity contribution in [2.24, 2.45) is 0 Å². The van der Waals surface area contributed by atoms with Crippen molar-refractivity contribution in [2.45, 2.75) is 13.3 Å². The molecule has 0 aromatic rings. The smallest absolute Gasteiger partial charge is 0.0875 e. The molecule has 0 heterocycles. The van der Waals surface area contributed by atoms with Crippen LogP contribution in [0.15, 0.2) is 11.6 Å². The SMILES string of the molecule is CC[CH]NOCC=CCl. The summed E-state index contributed by atoms with van der Waals surface area (Å²) < 4.78 is 0. The van der Waals surface area contributed by atoms with Crippen molar-refractivity contribution in [3.63, 3.8) is 0 Å². The Morgan fingerprint density at radius 2 is 2.44 bits per heavy atom. The Balaban J connectivity index is 2.75. The van der Waals surface area contributed by atoms with Crippen molar-refractivity contribution < 1.29 is 4.84 Å². The van der Waals surface area contributed by atoms with Crippen LogP contribution in [0.25, 0.3) is 0 Å². The van der Waals surface area contributed by atoms with Crippen LogP contribution in [-0.4, -0.2) is 6.61 Å². The van der Waals surface area contributed by atoms with Gasteiger partial charge >= 0.3 is 0 Å². The van der Waals surface area contributed by atoms with Gasteiger partial charge in [-0.15, -0.1) is 0 Å². The first-order valence-corrected chi connectivity index (χ1v) is 3.29. The second kappa shape index (κ2) is 7.95. The summed E-state index contributed by atoms with van der Waals surface area (Å²) in [4.78, 5) is 4.84. The van der Waals surface area contributed by atoms with Crippen molar-refractivity contribution in [3.05, 3.63) is 18.2 Å². The lowest BCUT2D eigenvalue weighted by atomic mass is 10.5. The zero-order valence-electron chi connectivity index (χ0n) is 5.43. The van der Waals surface area contributed by atoms with E-state index in [1.807, 2.05) is 13.5 Å². The lowest BCUT2D eigenvalue weighted by Crippen LogP contribution is -2.09. The first-order chi connectivity index (χ1) is 4.41. The van der Waals surface area contributed by atoms with Gasteiger partial charge in [0.15, 0.2) is 0 Å². The highest BCUT2D eigenvalue weighted by Gasteiger charge is 1.79. The lowest BCUT2D eigenvalue weighted by Gasteiger charge is -1.97. The predicted molar refractivity (Wildman–Crippen MR) is 38.7 cm³/mol. The summed E-state index contributed by atoms with van der Waals surface area (Å²) in [6.07, 6.45) is 2.66. The molecule has 0 aromatic heterocycles. The third-order valence-corrected chi connectivity index (χ3v) is 0.818. The summed E-state index contributed by atoms with van der Waals surface area (Å²) >= 11 is 5.22. The molecule has 0 rings (SSSR count). The molecule has 0 fully saturated rings. The van der Waals surface area contributed by atoms with Gasteiger partial charge in [0.25, 0.3) is 0 Å². The van der Waals surface area contributed by atoms with Crippen LogP contribution in [0.3, 0.4) is 0 Å². The average molecular weight is 149 g/mol. The number of hydrogen-bond acceptors (Lipinski definition) is 2. The summed E-state index contributed by atoms with van der Waals surface area (Å²) in [5, 5.41) is 0. The Morgan fingerprint density at radius 1 is 1.67 bits per heavy atom. The van der Waals surface area contributed by atoms with E-state index in [2.05, 4.69) is 5.48 Å². The standard InChI is InChI=1S/C6H11ClNO/c1-2-5-8-9-6-3-4-7/h3-5,8H,2,6H2,1H3. The topological polar surface area (TPSA) is 21.3 Å². The van der Waals surface area contributed by atoms with Gasteiger partial charge in [-0.1, -0.05) is 18.5 Å². The van der Waals surface area contributed by atoms with Crippen LogP contribution in [0.5, 0.6) is 0 Å². The zero-order chi connectivity index (χ0) is 6.95. The van der Waals surface area contributed by atoms with Crippen LogP contribution in [0.1, 0.15) is 13.3 Å². The van der Waals surface area contributed by atoms with E-state index >= 15 is 0 Å². The minimum atomic E-state index is 0.500. The highest BCUT2D eigenvalue weighted by atomic mass is 35.5. The Kier molecular flexibility index (Phi) is 7.91. The van der Waals surface area contributed by atoms with E-state index in [1.165, 1.54) is 5.54 Å². The number of hydroxylamine groups is 1. The summed E-state index contributed by atoms with van der Waals surface area (Å²) in [5.41, 5.74) is 4.06. The van der Waals surface area contributed by atoms with Crippen LogP contribution in [0, 0.1) is 6.54 Å². The molecule has 3 heteroatoms. The molecule has 9 heavy (non-hydrogen) atoms. The summed E-state index contributed by atoms with van der Waals surface area (Å²) in [6, 6.07) is 0. The molecule has 0 unspecified atom stereocenters. The number of nitrogens with one attached hydrogen (secondary N) is 1. The molecule has 0 aromatic carbocycles. The molecule has 0 aliphatic rings. The molecule has 0 bridgehead atoms. The molecule has 1 N–H and O–H groups in total. The number of halogens is 1. The molecule has 0 saturated carbocycles. The monoisotopic (exact) mass is 148 g/mol. The van der Waals surface area contributed by atoms with E-state index in [-0.39, 0.29) is 0 Å². The molecule has 1 radical (unpaired) electrons. The van der Waals surface area contributed by atoms with E-state index in [1.54, 1.807) is 6.08 Å². The molecule has 0 saturated heterocycles. The molecular weight excluding hydrogens is 138 g/mol. The maximum Gasteiger partial charge on any atom is 0.0875 e. The Labute approximate surface area is 60.8 Å². The minimum absolute atomic E-state index is 0.500. The van der Waals surface area contributed by atoms with Crippen LogP contribution in [0.4, 0.5) is 0 Å². The van der Waals surface area contributed by atoms with Gasteiger partial charge in [0, 0.05) is 12.1 Å². The van der Waals surface area contributed by atoms with Gasteiger partial charge in [0.1, 0.15) is 0 Å². The highest BCUT2D eigenvalue weighted by Crippen LogP contribution is 1.80. The van der Waals surface area contributed by atoms with E-state index in [0.29, 0.717) is 6.61 Å². The van der Waals surface area contributed by atoms with Crippen LogP contribution < -0.4 is 5.48 Å². The maximum atomic E-state index is 5.22. The zero-order valence-corrected chi connectivity index (χ0v) is 6.19. The van der Waals surface area contributed by atoms with Crippen molar-refractivity contribution in [1.82, 2.24) is 5.48 Å². The molecule has 53 valence electrons.